The summed E-state index contributed by atoms with van der Waals surface area (Å²) in [6, 6.07) is 3.86. The molecule has 2 aromatic heterocycles. The van der Waals surface area contributed by atoms with Gasteiger partial charge in [0.1, 0.15) is 12.4 Å². The van der Waals surface area contributed by atoms with Gasteiger partial charge in [-0.1, -0.05) is 24.4 Å². The number of amides is 1. The van der Waals surface area contributed by atoms with E-state index in [9.17, 15) is 14.7 Å². The van der Waals surface area contributed by atoms with Crippen molar-refractivity contribution in [1.29, 1.82) is 0 Å². The maximum Gasteiger partial charge on any atom is 0.410 e. The molecule has 0 radical (unpaired) electrons. The van der Waals surface area contributed by atoms with E-state index in [1.54, 1.807) is 29.7 Å². The van der Waals surface area contributed by atoms with Gasteiger partial charge in [-0.2, -0.15) is 5.10 Å². The lowest BCUT2D eigenvalue weighted by Crippen LogP contribution is -2.35. The van der Waals surface area contributed by atoms with E-state index >= 15 is 0 Å². The van der Waals surface area contributed by atoms with Gasteiger partial charge in [0.2, 0.25) is 0 Å². The molecule has 2 heterocycles. The van der Waals surface area contributed by atoms with Crippen molar-refractivity contribution in [3.8, 4) is 17.0 Å². The molecule has 9 nitrogen and oxygen atoms in total. The highest BCUT2D eigenvalue weighted by Crippen LogP contribution is 2.34. The lowest BCUT2D eigenvalue weighted by atomic mass is 9.87. The fourth-order valence-corrected chi connectivity index (χ4v) is 5.40. The quantitative estimate of drug-likeness (QED) is 0.566. The molecule has 2 saturated carbocycles. The average Bonchev–Trinajstić information content (AvgIpc) is 3.46. The number of hydrogen-bond acceptors (Lipinski definition) is 6. The molecular formula is C25H33ClN4O5. The van der Waals surface area contributed by atoms with Gasteiger partial charge in [-0.05, 0) is 57.6 Å². The molecule has 1 amide bonds. The Hall–Kier alpha value is -2.81. The van der Waals surface area contributed by atoms with Crippen LogP contribution in [0.5, 0.6) is 5.75 Å². The van der Waals surface area contributed by atoms with Gasteiger partial charge in [0.25, 0.3) is 0 Å². The predicted octanol–water partition coefficient (Wildman–Crippen LogP) is 4.98. The number of hydrogen-bond donors (Lipinski definition) is 1. The molecule has 1 N–H and O–H groups in total. The third-order valence-corrected chi connectivity index (χ3v) is 7.44. The highest BCUT2D eigenvalue weighted by Gasteiger charge is 2.29. The monoisotopic (exact) mass is 504 g/mol. The van der Waals surface area contributed by atoms with Crippen LogP contribution in [0.4, 0.5) is 4.79 Å². The van der Waals surface area contributed by atoms with Crippen LogP contribution in [0, 0.1) is 12.8 Å². The third kappa shape index (κ3) is 5.72. The van der Waals surface area contributed by atoms with Crippen LogP contribution in [0.3, 0.4) is 0 Å². The number of aromatic nitrogens is 3. The van der Waals surface area contributed by atoms with Crippen molar-refractivity contribution in [2.45, 2.75) is 77.0 Å². The molecule has 0 saturated heterocycles. The number of halogens is 1. The van der Waals surface area contributed by atoms with Crippen LogP contribution in [-0.4, -0.2) is 56.0 Å². The molecular weight excluding hydrogens is 472 g/mol. The smallest absolute Gasteiger partial charge is 0.410 e. The molecule has 2 fully saturated rings. The highest BCUT2D eigenvalue weighted by atomic mass is 35.5. The number of aryl methyl sites for hydroxylation is 2. The van der Waals surface area contributed by atoms with E-state index in [1.807, 2.05) is 13.0 Å². The summed E-state index contributed by atoms with van der Waals surface area (Å²) < 4.78 is 13.3. The number of carboxylic acids is 1. The summed E-state index contributed by atoms with van der Waals surface area (Å²) >= 11 is 6.45. The van der Waals surface area contributed by atoms with Crippen LogP contribution in [-0.2, 0) is 23.2 Å². The van der Waals surface area contributed by atoms with Gasteiger partial charge >= 0.3 is 12.1 Å². The van der Waals surface area contributed by atoms with E-state index in [2.05, 4.69) is 5.10 Å². The lowest BCUT2D eigenvalue weighted by Gasteiger charge is -2.27. The van der Waals surface area contributed by atoms with Crippen molar-refractivity contribution in [2.75, 3.05) is 7.05 Å². The van der Waals surface area contributed by atoms with E-state index in [4.69, 9.17) is 26.1 Å². The zero-order valence-electron chi connectivity index (χ0n) is 20.5. The highest BCUT2D eigenvalue weighted by molar-refractivity contribution is 6.32. The summed E-state index contributed by atoms with van der Waals surface area (Å²) in [6.45, 7) is 1.87. The molecule has 2 aromatic rings. The molecule has 2 aliphatic carbocycles. The minimum atomic E-state index is -0.766. The predicted molar refractivity (Wildman–Crippen MR) is 130 cm³/mol. The Kier molecular flexibility index (Phi) is 7.84. The molecule has 10 heteroatoms. The summed E-state index contributed by atoms with van der Waals surface area (Å²) in [6.07, 6.45) is 6.60. The van der Waals surface area contributed by atoms with Crippen molar-refractivity contribution in [3.05, 3.63) is 28.7 Å². The minimum Gasteiger partial charge on any atom is -0.489 e. The van der Waals surface area contributed by atoms with Gasteiger partial charge in [0, 0.05) is 20.1 Å². The molecule has 0 bridgehead atoms. The summed E-state index contributed by atoms with van der Waals surface area (Å²) in [4.78, 5) is 30.3. The van der Waals surface area contributed by atoms with Gasteiger partial charge in [0.15, 0.2) is 5.15 Å². The Morgan fingerprint density at radius 3 is 2.63 bits per heavy atom. The van der Waals surface area contributed by atoms with Crippen LogP contribution < -0.4 is 4.74 Å². The average molecular weight is 505 g/mol. The van der Waals surface area contributed by atoms with E-state index in [0.29, 0.717) is 41.2 Å². The zero-order chi connectivity index (χ0) is 25.1. The van der Waals surface area contributed by atoms with Gasteiger partial charge in [-0.3, -0.25) is 9.48 Å². The Morgan fingerprint density at radius 1 is 1.20 bits per heavy atom. The first-order valence-electron chi connectivity index (χ1n) is 12.2. The zero-order valence-corrected chi connectivity index (χ0v) is 21.3. The van der Waals surface area contributed by atoms with Crippen LogP contribution in [0.15, 0.2) is 12.1 Å². The summed E-state index contributed by atoms with van der Waals surface area (Å²) in [5, 5.41) is 13.9. The molecule has 2 atom stereocenters. The van der Waals surface area contributed by atoms with Gasteiger partial charge in [-0.25, -0.2) is 9.78 Å². The lowest BCUT2D eigenvalue weighted by molar-refractivity contribution is -0.143. The first-order valence-corrected chi connectivity index (χ1v) is 12.6. The number of aliphatic carboxylic acids is 1. The Balaban J connectivity index is 1.47. The number of carbonyl (C=O) groups is 2. The number of pyridine rings is 1. The van der Waals surface area contributed by atoms with Gasteiger partial charge in [0.05, 0.1) is 34.7 Å². The van der Waals surface area contributed by atoms with Crippen molar-refractivity contribution >= 4 is 23.7 Å². The number of rotatable bonds is 7. The largest absolute Gasteiger partial charge is 0.489 e. The van der Waals surface area contributed by atoms with Crippen LogP contribution in [0.2, 0.25) is 5.15 Å². The molecule has 35 heavy (non-hydrogen) atoms. The fraction of sp³-hybridized carbons (Fsp3) is 0.600. The van der Waals surface area contributed by atoms with E-state index < -0.39 is 5.97 Å². The molecule has 2 aliphatic rings. The molecule has 0 aromatic carbocycles. The maximum absolute atomic E-state index is 12.6. The molecule has 190 valence electrons. The van der Waals surface area contributed by atoms with Crippen LogP contribution in [0.25, 0.3) is 11.3 Å². The fourth-order valence-electron chi connectivity index (χ4n) is 5.08. The van der Waals surface area contributed by atoms with Crippen molar-refractivity contribution in [2.24, 2.45) is 13.0 Å². The molecule has 0 spiro atoms. The third-order valence-electron chi connectivity index (χ3n) is 7.18. The Labute approximate surface area is 210 Å². The van der Waals surface area contributed by atoms with Crippen LogP contribution in [0.1, 0.15) is 62.8 Å². The first kappa shape index (κ1) is 25.3. The summed E-state index contributed by atoms with van der Waals surface area (Å²) in [5.41, 5.74) is 2.54. The minimum absolute atomic E-state index is 0.0269. The second kappa shape index (κ2) is 10.8. The van der Waals surface area contributed by atoms with Crippen LogP contribution >= 0.6 is 11.6 Å². The number of carboxylic acid groups (broad SMARTS) is 1. The molecule has 0 unspecified atom stereocenters. The van der Waals surface area contributed by atoms with E-state index in [-0.39, 0.29) is 35.9 Å². The molecule has 0 aliphatic heterocycles. The topological polar surface area (TPSA) is 107 Å². The number of ether oxygens (including phenoxy) is 2. The van der Waals surface area contributed by atoms with Gasteiger partial charge in [-0.15, -0.1) is 0 Å². The van der Waals surface area contributed by atoms with E-state index in [0.717, 1.165) is 38.5 Å². The SMILES string of the molecule is Cc1nc(-c2c(Cl)nn(C)c2COC(=O)N(C)C2CCCC2)ccc1O[C@H]1CCC[C@H](C(=O)O)C1. The van der Waals surface area contributed by atoms with Crippen molar-refractivity contribution in [3.63, 3.8) is 0 Å². The normalized spacial score (nSPS) is 20.6. The number of carbonyl (C=O) groups excluding carboxylic acids is 1. The Bertz CT molecular complexity index is 1080. The van der Waals surface area contributed by atoms with Crippen molar-refractivity contribution < 1.29 is 24.2 Å². The summed E-state index contributed by atoms with van der Waals surface area (Å²) in [7, 11) is 3.54. The molecule has 4 rings (SSSR count). The van der Waals surface area contributed by atoms with Crippen molar-refractivity contribution in [1.82, 2.24) is 19.7 Å². The standard InChI is InChI=1S/C25H33ClN4O5/c1-15-21(35-18-10-6-7-16(13-18)24(31)32)12-11-19(27-15)22-20(30(3)28-23(22)26)14-34-25(33)29(2)17-8-4-5-9-17/h11-12,16-18H,4-10,13-14H2,1-3H3,(H,31,32)/t16-,18-/m0/s1. The second-order valence-electron chi connectivity index (χ2n) is 9.56. The van der Waals surface area contributed by atoms with E-state index in [1.165, 1.54) is 0 Å². The maximum atomic E-state index is 12.6. The summed E-state index contributed by atoms with van der Waals surface area (Å²) in [5.74, 6) is -0.512. The Morgan fingerprint density at radius 2 is 1.94 bits per heavy atom. The van der Waals surface area contributed by atoms with Gasteiger partial charge < -0.3 is 19.5 Å². The second-order valence-corrected chi connectivity index (χ2v) is 9.92. The first-order chi connectivity index (χ1) is 16.7. The number of nitrogens with zero attached hydrogens (tertiary/aromatic N) is 4.